The van der Waals surface area contributed by atoms with Crippen LogP contribution in [0.25, 0.3) is 0 Å². The molecule has 0 amide bonds. The Morgan fingerprint density at radius 3 is 2.58 bits per heavy atom. The van der Waals surface area contributed by atoms with E-state index in [4.69, 9.17) is 5.26 Å². The van der Waals surface area contributed by atoms with E-state index >= 15 is 0 Å². The maximum atomic E-state index is 9.01. The molecule has 0 bridgehead atoms. The van der Waals surface area contributed by atoms with Gasteiger partial charge in [-0.25, -0.2) is 0 Å². The van der Waals surface area contributed by atoms with Gasteiger partial charge in [-0.1, -0.05) is 19.1 Å². The van der Waals surface area contributed by atoms with Crippen molar-refractivity contribution in [2.24, 2.45) is 5.92 Å². The van der Waals surface area contributed by atoms with E-state index in [9.17, 15) is 0 Å². The zero-order valence-electron chi connectivity index (χ0n) is 12.3. The first-order chi connectivity index (χ1) is 9.09. The molecule has 1 aromatic rings. The summed E-state index contributed by atoms with van der Waals surface area (Å²) in [7, 11) is 0. The molecule has 1 fully saturated rings. The molecule has 1 atom stereocenters. The maximum Gasteiger partial charge on any atom is 0.0625 e. The van der Waals surface area contributed by atoms with Crippen LogP contribution in [0.4, 0.5) is 5.69 Å². The van der Waals surface area contributed by atoms with E-state index in [2.05, 4.69) is 56.0 Å². The molecule has 0 spiro atoms. The van der Waals surface area contributed by atoms with Crippen molar-refractivity contribution in [1.82, 2.24) is 0 Å². The number of nitrogens with zero attached hydrogens (tertiary/aromatic N) is 2. The number of rotatable bonds is 3. The van der Waals surface area contributed by atoms with Crippen LogP contribution in [0.1, 0.15) is 45.6 Å². The Balaban J connectivity index is 2.24. The SMILES string of the molecule is CCc1ccc(N2CCCC(CC#N)C2(C)C)cc1. The predicted octanol–water partition coefficient (Wildman–Crippen LogP) is 4.16. The lowest BCUT2D eigenvalue weighted by molar-refractivity contribution is 0.242. The van der Waals surface area contributed by atoms with Crippen LogP contribution in [-0.2, 0) is 6.42 Å². The Morgan fingerprint density at radius 1 is 1.32 bits per heavy atom. The summed E-state index contributed by atoms with van der Waals surface area (Å²) >= 11 is 0. The highest BCUT2D eigenvalue weighted by molar-refractivity contribution is 5.50. The van der Waals surface area contributed by atoms with E-state index in [1.54, 1.807) is 0 Å². The fraction of sp³-hybridized carbons (Fsp3) is 0.588. The standard InChI is InChI=1S/C17H24N2/c1-4-14-7-9-16(10-8-14)19-13-5-6-15(11-12-18)17(19,2)3/h7-10,15H,4-6,11,13H2,1-3H3. The van der Waals surface area contributed by atoms with Crippen molar-refractivity contribution >= 4 is 5.69 Å². The van der Waals surface area contributed by atoms with Crippen LogP contribution in [0.15, 0.2) is 24.3 Å². The molecule has 2 heteroatoms. The lowest BCUT2D eigenvalue weighted by Crippen LogP contribution is -2.53. The van der Waals surface area contributed by atoms with E-state index in [0.717, 1.165) is 13.0 Å². The van der Waals surface area contributed by atoms with Crippen molar-refractivity contribution in [1.29, 1.82) is 5.26 Å². The van der Waals surface area contributed by atoms with Gasteiger partial charge >= 0.3 is 0 Å². The highest BCUT2D eigenvalue weighted by Gasteiger charge is 2.38. The summed E-state index contributed by atoms with van der Waals surface area (Å²) in [4.78, 5) is 2.48. The number of nitriles is 1. The maximum absolute atomic E-state index is 9.01. The zero-order chi connectivity index (χ0) is 13.9. The Morgan fingerprint density at radius 2 is 2.00 bits per heavy atom. The number of benzene rings is 1. The Kier molecular flexibility index (Phi) is 4.14. The Labute approximate surface area is 117 Å². The van der Waals surface area contributed by atoms with E-state index in [1.807, 2.05) is 0 Å². The van der Waals surface area contributed by atoms with Crippen LogP contribution < -0.4 is 4.90 Å². The minimum Gasteiger partial charge on any atom is -0.366 e. The van der Waals surface area contributed by atoms with Gasteiger partial charge in [-0.05, 0) is 56.7 Å². The van der Waals surface area contributed by atoms with Gasteiger partial charge in [0, 0.05) is 24.2 Å². The normalized spacial score (nSPS) is 22.0. The zero-order valence-corrected chi connectivity index (χ0v) is 12.3. The highest BCUT2D eigenvalue weighted by Crippen LogP contribution is 2.38. The summed E-state index contributed by atoms with van der Waals surface area (Å²) in [5, 5.41) is 9.01. The van der Waals surface area contributed by atoms with Gasteiger partial charge < -0.3 is 4.90 Å². The van der Waals surface area contributed by atoms with Gasteiger partial charge in [0.25, 0.3) is 0 Å². The summed E-state index contributed by atoms with van der Waals surface area (Å²) in [6.45, 7) is 7.84. The molecule has 1 aliphatic rings. The number of aryl methyl sites for hydroxylation is 1. The molecule has 0 N–H and O–H groups in total. The van der Waals surface area contributed by atoms with Gasteiger partial charge in [-0.15, -0.1) is 0 Å². The second-order valence-corrected chi connectivity index (χ2v) is 6.03. The molecule has 2 nitrogen and oxygen atoms in total. The predicted molar refractivity (Wildman–Crippen MR) is 80.2 cm³/mol. The van der Waals surface area contributed by atoms with E-state index < -0.39 is 0 Å². The Bertz CT molecular complexity index is 453. The van der Waals surface area contributed by atoms with Crippen molar-refractivity contribution in [2.75, 3.05) is 11.4 Å². The van der Waals surface area contributed by atoms with Crippen molar-refractivity contribution in [2.45, 2.75) is 52.0 Å². The fourth-order valence-electron chi connectivity index (χ4n) is 3.19. The number of hydrogen-bond donors (Lipinski definition) is 0. The number of piperidine rings is 1. The van der Waals surface area contributed by atoms with Crippen molar-refractivity contribution in [3.8, 4) is 6.07 Å². The number of anilines is 1. The summed E-state index contributed by atoms with van der Waals surface area (Å²) in [5.74, 6) is 0.470. The van der Waals surface area contributed by atoms with Crippen LogP contribution in [-0.4, -0.2) is 12.1 Å². The molecular formula is C17H24N2. The molecule has 1 heterocycles. The molecule has 1 aliphatic heterocycles. The van der Waals surface area contributed by atoms with Crippen LogP contribution in [0.5, 0.6) is 0 Å². The topological polar surface area (TPSA) is 27.0 Å². The molecule has 1 unspecified atom stereocenters. The van der Waals surface area contributed by atoms with Gasteiger partial charge in [0.1, 0.15) is 0 Å². The van der Waals surface area contributed by atoms with E-state index in [1.165, 1.54) is 24.1 Å². The summed E-state index contributed by atoms with van der Waals surface area (Å²) in [6.07, 6.45) is 4.10. The molecule has 0 aromatic heterocycles. The fourth-order valence-corrected chi connectivity index (χ4v) is 3.19. The first kappa shape index (κ1) is 13.9. The van der Waals surface area contributed by atoms with Gasteiger partial charge in [0.15, 0.2) is 0 Å². The molecule has 0 saturated carbocycles. The molecular weight excluding hydrogens is 232 g/mol. The molecule has 0 radical (unpaired) electrons. The lowest BCUT2D eigenvalue weighted by atomic mass is 9.77. The Hall–Kier alpha value is -1.49. The molecule has 0 aliphatic carbocycles. The second kappa shape index (κ2) is 5.65. The quantitative estimate of drug-likeness (QED) is 0.812. The summed E-state index contributed by atoms with van der Waals surface area (Å²) < 4.78 is 0. The van der Waals surface area contributed by atoms with E-state index in [-0.39, 0.29) is 5.54 Å². The third kappa shape index (κ3) is 2.76. The summed E-state index contributed by atoms with van der Waals surface area (Å²) in [6, 6.07) is 11.3. The molecule has 1 aromatic carbocycles. The van der Waals surface area contributed by atoms with Crippen molar-refractivity contribution < 1.29 is 0 Å². The average molecular weight is 256 g/mol. The molecule has 2 rings (SSSR count). The van der Waals surface area contributed by atoms with Gasteiger partial charge in [-0.3, -0.25) is 0 Å². The largest absolute Gasteiger partial charge is 0.366 e. The summed E-state index contributed by atoms with van der Waals surface area (Å²) in [5.41, 5.74) is 2.75. The minimum absolute atomic E-state index is 0.0711. The van der Waals surface area contributed by atoms with Crippen molar-refractivity contribution in [3.63, 3.8) is 0 Å². The number of hydrogen-bond acceptors (Lipinski definition) is 2. The van der Waals surface area contributed by atoms with E-state index in [0.29, 0.717) is 12.3 Å². The highest BCUT2D eigenvalue weighted by atomic mass is 15.2. The van der Waals surface area contributed by atoms with Crippen LogP contribution in [0, 0.1) is 17.2 Å². The van der Waals surface area contributed by atoms with Gasteiger partial charge in [-0.2, -0.15) is 5.26 Å². The first-order valence-electron chi connectivity index (χ1n) is 7.33. The molecule has 1 saturated heterocycles. The van der Waals surface area contributed by atoms with Crippen LogP contribution in [0.3, 0.4) is 0 Å². The average Bonchev–Trinajstić information content (AvgIpc) is 2.41. The lowest BCUT2D eigenvalue weighted by Gasteiger charge is -2.49. The van der Waals surface area contributed by atoms with Gasteiger partial charge in [0.05, 0.1) is 6.07 Å². The van der Waals surface area contributed by atoms with Gasteiger partial charge in [0.2, 0.25) is 0 Å². The second-order valence-electron chi connectivity index (χ2n) is 6.03. The third-order valence-corrected chi connectivity index (χ3v) is 4.62. The molecule has 19 heavy (non-hydrogen) atoms. The minimum atomic E-state index is 0.0711. The smallest absolute Gasteiger partial charge is 0.0625 e. The van der Waals surface area contributed by atoms with Crippen molar-refractivity contribution in [3.05, 3.63) is 29.8 Å². The monoisotopic (exact) mass is 256 g/mol. The third-order valence-electron chi connectivity index (χ3n) is 4.62. The first-order valence-corrected chi connectivity index (χ1v) is 7.33. The van der Waals surface area contributed by atoms with Crippen LogP contribution in [0.2, 0.25) is 0 Å². The van der Waals surface area contributed by atoms with Crippen LogP contribution >= 0.6 is 0 Å². The molecule has 102 valence electrons.